The molecule has 0 heterocycles. The highest BCUT2D eigenvalue weighted by Gasteiger charge is 2.39. The van der Waals surface area contributed by atoms with Crippen LogP contribution in [0.2, 0.25) is 0 Å². The molecule has 0 spiro atoms. The minimum atomic E-state index is -0.227. The number of rotatable bonds is 14. The molecule has 5 aromatic carbocycles. The Bertz CT molecular complexity index is 2490. The standard InChI is InChI=1S/C51H52N4O2/c1-6-10-29-54(30-11-7-2)49-37-24-17-14-21-34(37)43(35-22-15-18-25-38(35)49)47-46(41(33-52)53-5)48(51(47)57)45-36-23-16-19-26-39(36)50(40-27-20-28-42(56)44(40)45)55(31-12-8-3)32-13-9-4/h14-28H,6-13,29-32H2,1-4H3,(H-,56,57)/b46-41+. The van der Waals surface area contributed by atoms with Crippen molar-refractivity contribution in [2.24, 2.45) is 0 Å². The molecule has 6 nitrogen and oxygen atoms in total. The van der Waals surface area contributed by atoms with Crippen LogP contribution in [0, 0.1) is 17.9 Å². The zero-order chi connectivity index (χ0) is 40.1. The molecule has 5 aromatic rings. The minimum absolute atomic E-state index is 0.0642. The van der Waals surface area contributed by atoms with Crippen LogP contribution in [-0.2, 0) is 0 Å². The average molecular weight is 753 g/mol. The number of anilines is 1. The first-order chi connectivity index (χ1) is 27.9. The second-order valence-electron chi connectivity index (χ2n) is 15.2. The lowest BCUT2D eigenvalue weighted by Crippen LogP contribution is -2.31. The molecule has 0 aliphatic heterocycles. The van der Waals surface area contributed by atoms with E-state index in [0.717, 1.165) is 133 Å². The predicted octanol–water partition coefficient (Wildman–Crippen LogP) is 11.2. The van der Waals surface area contributed by atoms with Crippen molar-refractivity contribution in [2.45, 2.75) is 79.1 Å². The Morgan fingerprint density at radius 3 is 1.75 bits per heavy atom. The van der Waals surface area contributed by atoms with Gasteiger partial charge in [-0.2, -0.15) is 0 Å². The normalized spacial score (nSPS) is 14.2. The van der Waals surface area contributed by atoms with Crippen molar-refractivity contribution in [1.82, 2.24) is 0 Å². The third-order valence-electron chi connectivity index (χ3n) is 11.6. The largest absolute Gasteiger partial charge is 0.872 e. The van der Waals surface area contributed by atoms with Gasteiger partial charge >= 0.3 is 0 Å². The number of nitrogens with zero attached hydrogens (tertiary/aromatic N) is 4. The molecular weight excluding hydrogens is 701 g/mol. The van der Waals surface area contributed by atoms with Gasteiger partial charge in [-0.05, 0) is 69.8 Å². The summed E-state index contributed by atoms with van der Waals surface area (Å²) in [5.74, 6) is -0.163. The van der Waals surface area contributed by atoms with E-state index in [9.17, 15) is 10.4 Å². The third kappa shape index (κ3) is 6.89. The van der Waals surface area contributed by atoms with Crippen molar-refractivity contribution in [2.75, 3.05) is 31.1 Å². The van der Waals surface area contributed by atoms with Crippen LogP contribution in [0.1, 0.15) is 107 Å². The molecule has 0 saturated carbocycles. The Morgan fingerprint density at radius 1 is 0.684 bits per heavy atom. The van der Waals surface area contributed by atoms with E-state index in [0.29, 0.717) is 27.7 Å². The van der Waals surface area contributed by atoms with Crippen molar-refractivity contribution in [3.63, 3.8) is 0 Å². The number of nitriles is 1. The summed E-state index contributed by atoms with van der Waals surface area (Å²) in [6.07, 6.45) is 8.43. The zero-order valence-corrected chi connectivity index (χ0v) is 33.8. The highest BCUT2D eigenvalue weighted by Crippen LogP contribution is 2.56. The first-order valence-corrected chi connectivity index (χ1v) is 20.9. The Kier molecular flexibility index (Phi) is 11.9. The van der Waals surface area contributed by atoms with Gasteiger partial charge in [0.2, 0.25) is 5.71 Å². The van der Waals surface area contributed by atoms with Crippen LogP contribution < -0.4 is 10.0 Å². The highest BCUT2D eigenvalue weighted by molar-refractivity contribution is 6.26. The van der Waals surface area contributed by atoms with E-state index < -0.39 is 0 Å². The molecule has 0 amide bonds. The summed E-state index contributed by atoms with van der Waals surface area (Å²) in [5.41, 5.74) is 8.36. The van der Waals surface area contributed by atoms with Gasteiger partial charge < -0.3 is 15.1 Å². The number of aromatic hydroxyl groups is 1. The summed E-state index contributed by atoms with van der Waals surface area (Å²) in [6.45, 7) is 20.7. The summed E-state index contributed by atoms with van der Waals surface area (Å²) in [6, 6.07) is 32.4. The zero-order valence-electron chi connectivity index (χ0n) is 33.8. The number of phenolic OH excluding ortho intramolecular Hbond substituents is 1. The molecule has 0 unspecified atom stereocenters. The lowest BCUT2D eigenvalue weighted by Gasteiger charge is -2.41. The third-order valence-corrected chi connectivity index (χ3v) is 11.6. The molecule has 288 valence electrons. The van der Waals surface area contributed by atoms with Crippen LogP contribution in [0.3, 0.4) is 0 Å². The van der Waals surface area contributed by atoms with Crippen molar-refractivity contribution >= 4 is 44.1 Å². The summed E-state index contributed by atoms with van der Waals surface area (Å²) in [4.78, 5) is 6.22. The number of hydrogen-bond donors (Lipinski definition) is 1. The molecule has 0 bridgehead atoms. The predicted molar refractivity (Wildman–Crippen MR) is 233 cm³/mol. The smallest absolute Gasteiger partial charge is 0.270 e. The summed E-state index contributed by atoms with van der Waals surface area (Å²) in [7, 11) is 0. The van der Waals surface area contributed by atoms with Gasteiger partial charge in [-0.15, -0.1) is 0 Å². The molecule has 7 rings (SSSR count). The van der Waals surface area contributed by atoms with Crippen LogP contribution in [0.15, 0.2) is 114 Å². The van der Waals surface area contributed by atoms with E-state index in [1.54, 1.807) is 6.07 Å². The molecule has 57 heavy (non-hydrogen) atoms. The van der Waals surface area contributed by atoms with Crippen LogP contribution in [0.25, 0.3) is 37.5 Å². The molecule has 0 radical (unpaired) electrons. The molecular formula is C51H52N4O2. The molecule has 0 atom stereocenters. The van der Waals surface area contributed by atoms with Crippen molar-refractivity contribution in [3.05, 3.63) is 153 Å². The van der Waals surface area contributed by atoms with Crippen LogP contribution in [0.4, 0.5) is 5.69 Å². The summed E-state index contributed by atoms with van der Waals surface area (Å²) < 4.78 is 2.51. The Morgan fingerprint density at radius 2 is 1.21 bits per heavy atom. The van der Waals surface area contributed by atoms with E-state index in [4.69, 9.17) is 6.57 Å². The molecule has 1 N–H and O–H groups in total. The first-order valence-electron chi connectivity index (χ1n) is 20.9. The molecule has 2 aliphatic carbocycles. The number of fused-ring (bicyclic) bond motifs is 4. The van der Waals surface area contributed by atoms with Crippen LogP contribution >= 0.6 is 0 Å². The summed E-state index contributed by atoms with van der Waals surface area (Å²) in [5, 5.41) is 41.1. The average Bonchev–Trinajstić information content (AvgIpc) is 3.24. The first kappa shape index (κ1) is 39.1. The van der Waals surface area contributed by atoms with E-state index in [-0.39, 0.29) is 17.2 Å². The van der Waals surface area contributed by atoms with E-state index in [1.165, 1.54) is 0 Å². The number of hydrogen-bond acceptors (Lipinski definition) is 4. The molecule has 0 saturated heterocycles. The van der Waals surface area contributed by atoms with E-state index >= 15 is 5.11 Å². The number of allylic oxidation sites excluding steroid dienone is 3. The van der Waals surface area contributed by atoms with Gasteiger partial charge in [0, 0.05) is 47.7 Å². The van der Waals surface area contributed by atoms with Gasteiger partial charge in [-0.3, -0.25) is 0 Å². The van der Waals surface area contributed by atoms with Gasteiger partial charge in [0.05, 0.1) is 29.5 Å². The molecule has 0 aromatic heterocycles. The Labute approximate surface area is 337 Å². The SMILES string of the molecule is [C-]#[N+]/C(C#N)=C1\C(=C2c3ccccc3C(=[N+](CCCC)CCCC)c3ccccc32)C([O-])=C1c1c2ccccc2c(N(CCCC)CCCC)c2cccc(O)c12. The fourth-order valence-electron chi connectivity index (χ4n) is 8.84. The fraction of sp³-hybridized carbons (Fsp3) is 0.314. The molecule has 0 fully saturated rings. The Balaban J connectivity index is 1.60. The quantitative estimate of drug-likeness (QED) is 0.0520. The minimum Gasteiger partial charge on any atom is -0.872 e. The number of unbranched alkanes of at least 4 members (excludes halogenated alkanes) is 4. The van der Waals surface area contributed by atoms with Crippen molar-refractivity contribution < 1.29 is 14.8 Å². The van der Waals surface area contributed by atoms with E-state index in [2.05, 4.69) is 90.5 Å². The number of benzene rings is 5. The topological polar surface area (TPSA) is 77.7 Å². The lowest BCUT2D eigenvalue weighted by molar-refractivity contribution is -0.528. The molecule has 2 aliphatic rings. The van der Waals surface area contributed by atoms with E-state index in [1.807, 2.05) is 42.5 Å². The fourth-order valence-corrected chi connectivity index (χ4v) is 8.84. The maximum atomic E-state index is 15.4. The van der Waals surface area contributed by atoms with Crippen molar-refractivity contribution in [3.8, 4) is 11.8 Å². The van der Waals surface area contributed by atoms with Gasteiger partial charge in [0.25, 0.3) is 5.70 Å². The monoisotopic (exact) mass is 752 g/mol. The second kappa shape index (κ2) is 17.4. The van der Waals surface area contributed by atoms with Gasteiger partial charge in [0.1, 0.15) is 18.8 Å². The Hall–Kier alpha value is -6.11. The number of phenols is 1. The molecule has 6 heteroatoms. The van der Waals surface area contributed by atoms with Crippen molar-refractivity contribution in [1.29, 1.82) is 5.26 Å². The van der Waals surface area contributed by atoms with Gasteiger partial charge in [-0.1, -0.05) is 132 Å². The second-order valence-corrected chi connectivity index (χ2v) is 15.2. The van der Waals surface area contributed by atoms with Crippen LogP contribution in [0.5, 0.6) is 5.75 Å². The lowest BCUT2D eigenvalue weighted by atomic mass is 9.69. The van der Waals surface area contributed by atoms with Gasteiger partial charge in [-0.25, -0.2) is 14.7 Å². The maximum absolute atomic E-state index is 15.4. The maximum Gasteiger partial charge on any atom is 0.270 e. The van der Waals surface area contributed by atoms with Crippen LogP contribution in [-0.4, -0.2) is 41.6 Å². The van der Waals surface area contributed by atoms with Gasteiger partial charge in [0.15, 0.2) is 0 Å². The summed E-state index contributed by atoms with van der Waals surface area (Å²) >= 11 is 0. The highest BCUT2D eigenvalue weighted by atomic mass is 16.3.